The molecule has 4 heterocycles. The third kappa shape index (κ3) is 7.90. The van der Waals surface area contributed by atoms with E-state index in [1.807, 2.05) is 30.3 Å². The van der Waals surface area contributed by atoms with Crippen molar-refractivity contribution in [2.24, 2.45) is 0 Å². The van der Waals surface area contributed by atoms with E-state index in [1.54, 1.807) is 18.3 Å². The minimum Gasteiger partial charge on any atom is -0.507 e. The van der Waals surface area contributed by atoms with Crippen LogP contribution in [0.25, 0.3) is 105 Å². The van der Waals surface area contributed by atoms with E-state index in [0.29, 0.717) is 22.1 Å². The van der Waals surface area contributed by atoms with Gasteiger partial charge in [-0.15, -0.1) is 18.2 Å². The maximum absolute atomic E-state index is 9.66. The fourth-order valence-corrected chi connectivity index (χ4v) is 9.23. The molecule has 0 aliphatic carbocycles. The first-order valence-corrected chi connectivity index (χ1v) is 22.5. The van der Waals surface area contributed by atoms with Crippen LogP contribution in [0, 0.1) is 6.07 Å². The van der Waals surface area contributed by atoms with Crippen LogP contribution >= 0.6 is 0 Å². The van der Waals surface area contributed by atoms with E-state index in [-0.39, 0.29) is 37.7 Å². The number of phenolic OH excluding ortho intramolecular Hbond substituents is 1. The number of benzene rings is 8. The largest absolute Gasteiger partial charge is 0.507 e. The van der Waals surface area contributed by atoms with Crippen molar-refractivity contribution in [3.05, 3.63) is 205 Å². The second kappa shape index (κ2) is 18.0. The van der Waals surface area contributed by atoms with Gasteiger partial charge in [0.25, 0.3) is 0 Å². The van der Waals surface area contributed by atoms with Gasteiger partial charge in [0.15, 0.2) is 5.58 Å². The SMILES string of the molecule is CC(C)c1cc(-c2ccc(-c3ccccc3)cc2)cc(C(C)C)c1-n1c(-c2[c-]ccc3c2oc2cc(-c4ccccc4)ccc23)nc2ccccc21.Oc1cccc2oc3cccnc3c12.[Ir]. The van der Waals surface area contributed by atoms with Gasteiger partial charge in [0.1, 0.15) is 22.4 Å². The first-order valence-electron chi connectivity index (χ1n) is 22.5. The number of imidazole rings is 1. The van der Waals surface area contributed by atoms with E-state index >= 15 is 0 Å². The summed E-state index contributed by atoms with van der Waals surface area (Å²) in [4.78, 5) is 9.51. The summed E-state index contributed by atoms with van der Waals surface area (Å²) in [7, 11) is 0. The Morgan fingerprint density at radius 1 is 0.537 bits per heavy atom. The molecule has 0 unspecified atom stereocenters. The molecule has 0 fully saturated rings. The average molecular weight is 1050 g/mol. The topological polar surface area (TPSA) is 77.2 Å². The summed E-state index contributed by atoms with van der Waals surface area (Å²) in [6, 6.07) is 66.3. The van der Waals surface area contributed by atoms with E-state index < -0.39 is 0 Å². The Kier molecular flexibility index (Phi) is 11.6. The molecule has 4 aromatic heterocycles. The second-order valence-corrected chi connectivity index (χ2v) is 17.4. The number of pyridine rings is 1. The van der Waals surface area contributed by atoms with E-state index in [9.17, 15) is 5.11 Å². The fraction of sp³-hybridized carbons (Fsp3) is 0.100. The second-order valence-electron chi connectivity index (χ2n) is 17.4. The molecule has 0 saturated heterocycles. The van der Waals surface area contributed by atoms with Gasteiger partial charge in [-0.3, -0.25) is 9.97 Å². The molecule has 0 saturated carbocycles. The van der Waals surface area contributed by atoms with Gasteiger partial charge in [0.05, 0.1) is 27.8 Å². The zero-order chi connectivity index (χ0) is 44.9. The van der Waals surface area contributed by atoms with E-state index in [4.69, 9.17) is 13.8 Å². The molecule has 329 valence electrons. The summed E-state index contributed by atoms with van der Waals surface area (Å²) in [5, 5.41) is 12.5. The molecule has 0 atom stereocenters. The van der Waals surface area contributed by atoms with Gasteiger partial charge >= 0.3 is 0 Å². The Balaban J connectivity index is 0.000000297. The summed E-state index contributed by atoms with van der Waals surface area (Å²) in [6.45, 7) is 9.17. The molecule has 12 rings (SSSR count). The van der Waals surface area contributed by atoms with Crippen molar-refractivity contribution in [2.45, 2.75) is 39.5 Å². The predicted molar refractivity (Wildman–Crippen MR) is 270 cm³/mol. The molecule has 8 aromatic carbocycles. The number of hydrogen-bond donors (Lipinski definition) is 1. The number of hydrogen-bond acceptors (Lipinski definition) is 5. The van der Waals surface area contributed by atoms with Gasteiger partial charge < -0.3 is 18.5 Å². The quantitative estimate of drug-likeness (QED) is 0.161. The van der Waals surface area contributed by atoms with Crippen molar-refractivity contribution in [2.75, 3.05) is 0 Å². The summed E-state index contributed by atoms with van der Waals surface area (Å²) < 4.78 is 14.7. The van der Waals surface area contributed by atoms with Crippen molar-refractivity contribution in [1.29, 1.82) is 0 Å². The molecule has 0 aliphatic heterocycles. The number of nitrogens with zero attached hydrogens (tertiary/aromatic N) is 3. The van der Waals surface area contributed by atoms with Crippen LogP contribution in [0.4, 0.5) is 0 Å². The molecule has 7 heteroatoms. The van der Waals surface area contributed by atoms with Crippen LogP contribution in [-0.2, 0) is 20.1 Å². The van der Waals surface area contributed by atoms with Gasteiger partial charge in [0, 0.05) is 37.4 Å². The average Bonchev–Trinajstić information content (AvgIpc) is 4.06. The fourth-order valence-electron chi connectivity index (χ4n) is 9.23. The monoisotopic (exact) mass is 1050 g/mol. The predicted octanol–water partition coefficient (Wildman–Crippen LogP) is 16.3. The van der Waals surface area contributed by atoms with Gasteiger partial charge in [0.2, 0.25) is 0 Å². The van der Waals surface area contributed by atoms with E-state index in [1.165, 1.54) is 39.1 Å². The van der Waals surface area contributed by atoms with Crippen LogP contribution in [0.2, 0.25) is 0 Å². The first-order chi connectivity index (χ1) is 32.3. The molecule has 1 radical (unpaired) electrons. The van der Waals surface area contributed by atoms with Crippen LogP contribution in [0.3, 0.4) is 0 Å². The number of furan rings is 2. The third-order valence-corrected chi connectivity index (χ3v) is 12.5. The number of fused-ring (bicyclic) bond motifs is 7. The van der Waals surface area contributed by atoms with Crippen LogP contribution < -0.4 is 0 Å². The molecular formula is C60H46IrN3O3-. The van der Waals surface area contributed by atoms with Crippen LogP contribution in [0.1, 0.15) is 50.7 Å². The molecule has 1 N–H and O–H groups in total. The number of aromatic nitrogens is 3. The molecule has 6 nitrogen and oxygen atoms in total. The Bertz CT molecular complexity index is 3690. The molecule has 0 bridgehead atoms. The first kappa shape index (κ1) is 43.3. The van der Waals surface area contributed by atoms with Crippen LogP contribution in [-0.4, -0.2) is 19.6 Å². The zero-order valence-electron chi connectivity index (χ0n) is 37.5. The zero-order valence-corrected chi connectivity index (χ0v) is 39.9. The van der Waals surface area contributed by atoms with Gasteiger partial charge in [-0.2, -0.15) is 0 Å². The standard InChI is InChI=1S/C49H39N2O.C11H7NO2.Ir/c1-31(2)42-28-38(36-24-22-35(23-25-36)33-14-7-5-8-15-33)29-43(32(3)4)47(42)51-45-21-12-11-20-44(45)50-49(51)41-19-13-18-40-39-27-26-37(30-46(39)52-48(40)41)34-16-9-6-10-17-34;13-7-3-1-4-8-10(7)11-9(14-8)5-2-6-12-11;/h5-18,20-32H,1-4H3;1-6,13H;/q-1;;. The Morgan fingerprint density at radius 2 is 1.15 bits per heavy atom. The molecule has 0 spiro atoms. The van der Waals surface area contributed by atoms with Crippen LogP contribution in [0.5, 0.6) is 5.75 Å². The van der Waals surface area contributed by atoms with Gasteiger partial charge in [-0.05, 0) is 111 Å². The number of phenols is 1. The Morgan fingerprint density at radius 3 is 1.85 bits per heavy atom. The molecule has 0 aliphatic rings. The summed E-state index contributed by atoms with van der Waals surface area (Å²) in [5.41, 5.74) is 17.5. The van der Waals surface area contributed by atoms with Gasteiger partial charge in [-0.1, -0.05) is 154 Å². The van der Waals surface area contributed by atoms with Crippen molar-refractivity contribution >= 4 is 55.0 Å². The van der Waals surface area contributed by atoms with Crippen LogP contribution in [0.15, 0.2) is 197 Å². The van der Waals surface area contributed by atoms with Gasteiger partial charge in [-0.25, -0.2) is 0 Å². The smallest absolute Gasteiger partial charge is 0.154 e. The van der Waals surface area contributed by atoms with Crippen molar-refractivity contribution in [3.63, 3.8) is 0 Å². The van der Waals surface area contributed by atoms with E-state index in [2.05, 4.69) is 183 Å². The Labute approximate surface area is 402 Å². The van der Waals surface area contributed by atoms with Crippen molar-refractivity contribution in [1.82, 2.24) is 14.5 Å². The summed E-state index contributed by atoms with van der Waals surface area (Å²) >= 11 is 0. The number of para-hydroxylation sites is 2. The number of aromatic hydroxyl groups is 1. The molecular weight excluding hydrogens is 1000 g/mol. The minimum atomic E-state index is 0. The van der Waals surface area contributed by atoms with E-state index in [0.717, 1.165) is 55.5 Å². The normalized spacial score (nSPS) is 11.5. The van der Waals surface area contributed by atoms with Crippen molar-refractivity contribution < 1.29 is 34.0 Å². The number of rotatable bonds is 7. The minimum absolute atomic E-state index is 0. The Hall–Kier alpha value is -7.57. The molecule has 0 amide bonds. The maximum Gasteiger partial charge on any atom is 0.154 e. The summed E-state index contributed by atoms with van der Waals surface area (Å²) in [6.07, 6.45) is 1.68. The maximum atomic E-state index is 9.66. The summed E-state index contributed by atoms with van der Waals surface area (Å²) in [5.74, 6) is 1.55. The molecule has 67 heavy (non-hydrogen) atoms. The molecule has 12 aromatic rings. The van der Waals surface area contributed by atoms with Crippen molar-refractivity contribution in [3.8, 4) is 56.2 Å². The third-order valence-electron chi connectivity index (χ3n) is 12.5.